The molecule has 1 heterocycles. The van der Waals surface area contributed by atoms with Crippen molar-refractivity contribution in [2.24, 2.45) is 0 Å². The lowest BCUT2D eigenvalue weighted by molar-refractivity contribution is -0.148. The molecule has 6 nitrogen and oxygen atoms in total. The number of thiocarbonyl (C=S) groups is 1. The van der Waals surface area contributed by atoms with Crippen LogP contribution in [-0.4, -0.2) is 53.1 Å². The van der Waals surface area contributed by atoms with E-state index in [4.69, 9.17) is 12.2 Å². The third-order valence-electron chi connectivity index (χ3n) is 1.57. The Hall–Kier alpha value is -1.05. The van der Waals surface area contributed by atoms with Gasteiger partial charge in [-0.3, -0.25) is 9.59 Å². The van der Waals surface area contributed by atoms with Crippen LogP contribution in [0.15, 0.2) is 0 Å². The van der Waals surface area contributed by atoms with Crippen LogP contribution in [0.1, 0.15) is 0 Å². The highest BCUT2D eigenvalue weighted by Crippen LogP contribution is 2.10. The van der Waals surface area contributed by atoms with E-state index in [0.717, 1.165) is 10.0 Å². The number of nitrogens with one attached hydrogen (secondary N) is 1. The molecule has 0 aromatic heterocycles. The van der Waals surface area contributed by atoms with Crippen molar-refractivity contribution in [2.75, 3.05) is 21.1 Å². The minimum Gasteiger partial charge on any atom is -0.261 e. The molecule has 0 saturated carbocycles. The van der Waals surface area contributed by atoms with Gasteiger partial charge >= 0.3 is 11.8 Å². The van der Waals surface area contributed by atoms with E-state index in [-0.39, 0.29) is 5.11 Å². The summed E-state index contributed by atoms with van der Waals surface area (Å²) < 4.78 is 0. The number of nitrogens with zero attached hydrogens (tertiary/aromatic N) is 3. The molecule has 0 radical (unpaired) electrons. The maximum atomic E-state index is 11.3. The standard InChI is InChI=1S/C6H10N4O2S/c1-7-9-4(11)5(12)10(6(9)13)8(2)3/h7H,1-3H3. The Bertz CT molecular complexity index is 278. The first-order valence-electron chi connectivity index (χ1n) is 3.57. The zero-order valence-corrected chi connectivity index (χ0v) is 8.38. The molecular weight excluding hydrogens is 192 g/mol. The van der Waals surface area contributed by atoms with Crippen molar-refractivity contribution in [1.82, 2.24) is 20.5 Å². The van der Waals surface area contributed by atoms with Gasteiger partial charge in [0.05, 0.1) is 0 Å². The maximum absolute atomic E-state index is 11.3. The lowest BCUT2D eigenvalue weighted by atomic mass is 10.6. The van der Waals surface area contributed by atoms with E-state index < -0.39 is 11.8 Å². The van der Waals surface area contributed by atoms with E-state index in [0.29, 0.717) is 0 Å². The molecule has 1 N–H and O–H groups in total. The first-order valence-corrected chi connectivity index (χ1v) is 3.98. The molecule has 0 aromatic carbocycles. The highest BCUT2D eigenvalue weighted by Gasteiger charge is 2.42. The molecule has 1 aliphatic rings. The summed E-state index contributed by atoms with van der Waals surface area (Å²) in [6, 6.07) is 0. The number of carbonyl (C=O) groups excluding carboxylic acids is 2. The first-order chi connectivity index (χ1) is 6.00. The van der Waals surface area contributed by atoms with Crippen LogP contribution in [0.3, 0.4) is 0 Å². The molecule has 72 valence electrons. The molecule has 1 rings (SSSR count). The quantitative estimate of drug-likeness (QED) is 0.439. The van der Waals surface area contributed by atoms with Crippen molar-refractivity contribution in [3.8, 4) is 0 Å². The second kappa shape index (κ2) is 3.36. The molecule has 0 aliphatic carbocycles. The average molecular weight is 202 g/mol. The van der Waals surface area contributed by atoms with Crippen molar-refractivity contribution in [2.45, 2.75) is 0 Å². The van der Waals surface area contributed by atoms with Gasteiger partial charge in [-0.25, -0.2) is 20.5 Å². The lowest BCUT2D eigenvalue weighted by Gasteiger charge is -2.22. The van der Waals surface area contributed by atoms with Crippen molar-refractivity contribution in [3.05, 3.63) is 0 Å². The third kappa shape index (κ3) is 1.41. The van der Waals surface area contributed by atoms with Crippen molar-refractivity contribution in [3.63, 3.8) is 0 Å². The van der Waals surface area contributed by atoms with Gasteiger partial charge in [0.1, 0.15) is 0 Å². The molecule has 2 amide bonds. The Labute approximate surface area is 81.0 Å². The molecule has 0 aromatic rings. The summed E-state index contributed by atoms with van der Waals surface area (Å²) in [4.78, 5) is 22.5. The predicted octanol–water partition coefficient (Wildman–Crippen LogP) is -1.45. The smallest absolute Gasteiger partial charge is 0.261 e. The Kier molecular flexibility index (Phi) is 2.60. The van der Waals surface area contributed by atoms with Crippen LogP contribution in [0.5, 0.6) is 0 Å². The van der Waals surface area contributed by atoms with E-state index in [9.17, 15) is 9.59 Å². The molecule has 1 aliphatic heterocycles. The topological polar surface area (TPSA) is 55.9 Å². The number of hydrazine groups is 2. The molecule has 7 heteroatoms. The first kappa shape index (κ1) is 10.0. The van der Waals surface area contributed by atoms with Gasteiger partial charge in [-0.1, -0.05) is 0 Å². The molecular formula is C6H10N4O2S. The van der Waals surface area contributed by atoms with Crippen molar-refractivity contribution >= 4 is 29.1 Å². The Morgan fingerprint density at radius 1 is 1.31 bits per heavy atom. The van der Waals surface area contributed by atoms with E-state index in [1.165, 1.54) is 12.1 Å². The zero-order chi connectivity index (χ0) is 10.2. The van der Waals surface area contributed by atoms with Gasteiger partial charge in [-0.15, -0.1) is 0 Å². The number of hydrogen-bond donors (Lipinski definition) is 1. The summed E-state index contributed by atoms with van der Waals surface area (Å²) in [6.45, 7) is 0. The predicted molar refractivity (Wildman–Crippen MR) is 49.0 cm³/mol. The molecule has 0 atom stereocenters. The average Bonchev–Trinajstić information content (AvgIpc) is 2.24. The van der Waals surface area contributed by atoms with Crippen LogP contribution >= 0.6 is 12.2 Å². The fourth-order valence-electron chi connectivity index (χ4n) is 1.00. The summed E-state index contributed by atoms with van der Waals surface area (Å²) in [5.41, 5.74) is 2.53. The minimum atomic E-state index is -0.666. The molecule has 1 fully saturated rings. The third-order valence-corrected chi connectivity index (χ3v) is 1.93. The summed E-state index contributed by atoms with van der Waals surface area (Å²) in [7, 11) is 4.80. The summed E-state index contributed by atoms with van der Waals surface area (Å²) >= 11 is 4.90. The fourth-order valence-corrected chi connectivity index (χ4v) is 1.43. The number of rotatable bonds is 2. The van der Waals surface area contributed by atoms with Gasteiger partial charge in [0.2, 0.25) is 5.11 Å². The Morgan fingerprint density at radius 3 is 2.08 bits per heavy atom. The fraction of sp³-hybridized carbons (Fsp3) is 0.500. The SMILES string of the molecule is CNN1C(=O)C(=O)N(N(C)C)C1=S. The van der Waals surface area contributed by atoms with Crippen LogP contribution < -0.4 is 5.43 Å². The van der Waals surface area contributed by atoms with Gasteiger partial charge in [-0.2, -0.15) is 0 Å². The largest absolute Gasteiger partial charge is 0.334 e. The monoisotopic (exact) mass is 202 g/mol. The summed E-state index contributed by atoms with van der Waals surface area (Å²) in [6.07, 6.45) is 0. The van der Waals surface area contributed by atoms with Crippen LogP contribution in [0.4, 0.5) is 0 Å². The van der Waals surface area contributed by atoms with Crippen LogP contribution in [0.25, 0.3) is 0 Å². The molecule has 13 heavy (non-hydrogen) atoms. The Balaban J connectivity index is 2.98. The normalized spacial score (nSPS) is 18.0. The second-order valence-corrected chi connectivity index (χ2v) is 2.98. The number of hydrogen-bond acceptors (Lipinski definition) is 5. The number of amides is 2. The van der Waals surface area contributed by atoms with Crippen molar-refractivity contribution < 1.29 is 9.59 Å². The molecule has 0 unspecified atom stereocenters. The number of carbonyl (C=O) groups is 2. The van der Waals surface area contributed by atoms with E-state index in [1.54, 1.807) is 14.1 Å². The summed E-state index contributed by atoms with van der Waals surface area (Å²) in [5, 5.41) is 3.74. The van der Waals surface area contributed by atoms with Gasteiger partial charge in [-0.05, 0) is 12.2 Å². The van der Waals surface area contributed by atoms with E-state index >= 15 is 0 Å². The highest BCUT2D eigenvalue weighted by atomic mass is 32.1. The van der Waals surface area contributed by atoms with Gasteiger partial charge in [0, 0.05) is 21.1 Å². The zero-order valence-electron chi connectivity index (χ0n) is 7.57. The summed E-state index contributed by atoms with van der Waals surface area (Å²) in [5.74, 6) is -1.31. The van der Waals surface area contributed by atoms with Gasteiger partial charge in [0.25, 0.3) is 0 Å². The van der Waals surface area contributed by atoms with Crippen LogP contribution in [0, 0.1) is 0 Å². The highest BCUT2D eigenvalue weighted by molar-refractivity contribution is 7.80. The molecule has 0 spiro atoms. The maximum Gasteiger partial charge on any atom is 0.334 e. The van der Waals surface area contributed by atoms with E-state index in [1.807, 2.05) is 0 Å². The minimum absolute atomic E-state index is 0.141. The lowest BCUT2D eigenvalue weighted by Crippen LogP contribution is -2.45. The van der Waals surface area contributed by atoms with E-state index in [2.05, 4.69) is 5.43 Å². The Morgan fingerprint density at radius 2 is 1.85 bits per heavy atom. The molecule has 0 bridgehead atoms. The van der Waals surface area contributed by atoms with Crippen LogP contribution in [0.2, 0.25) is 0 Å². The molecule has 1 saturated heterocycles. The van der Waals surface area contributed by atoms with Gasteiger partial charge in [0.15, 0.2) is 0 Å². The van der Waals surface area contributed by atoms with Crippen LogP contribution in [-0.2, 0) is 9.59 Å². The van der Waals surface area contributed by atoms with Crippen molar-refractivity contribution in [1.29, 1.82) is 0 Å². The van der Waals surface area contributed by atoms with Gasteiger partial charge < -0.3 is 0 Å². The second-order valence-electron chi connectivity index (χ2n) is 2.61.